The van der Waals surface area contributed by atoms with E-state index in [0.717, 1.165) is 59.8 Å². The summed E-state index contributed by atoms with van der Waals surface area (Å²) in [5.41, 5.74) is 5.28. The van der Waals surface area contributed by atoms with Crippen LogP contribution in [0.4, 0.5) is 0 Å². The Bertz CT molecular complexity index is 1030. The molecule has 0 bridgehead atoms. The molecule has 1 aliphatic rings. The van der Waals surface area contributed by atoms with Crippen LogP contribution < -0.4 is 10.2 Å². The fraction of sp³-hybridized carbons (Fsp3) is 0.273. The summed E-state index contributed by atoms with van der Waals surface area (Å²) in [5.74, 6) is 0.642. The number of amides is 1. The molecule has 4 rings (SSSR count). The second-order valence-electron chi connectivity index (χ2n) is 6.80. The first-order valence-corrected chi connectivity index (χ1v) is 10.4. The summed E-state index contributed by atoms with van der Waals surface area (Å²) in [6.07, 6.45) is 1.66. The Hall–Kier alpha value is -2.74. The highest BCUT2D eigenvalue weighted by Gasteiger charge is 2.14. The number of hydrazone groups is 1. The Morgan fingerprint density at radius 3 is 2.93 bits per heavy atom. The average Bonchev–Trinajstić information content (AvgIpc) is 3.19. The monoisotopic (exact) mass is 409 g/mol. The average molecular weight is 410 g/mol. The first-order chi connectivity index (χ1) is 14.2. The van der Waals surface area contributed by atoms with Gasteiger partial charge in [-0.05, 0) is 29.8 Å². The molecule has 0 spiro atoms. The zero-order valence-corrected chi connectivity index (χ0v) is 17.1. The second-order valence-corrected chi connectivity index (χ2v) is 7.72. The Labute approximate surface area is 173 Å². The number of hydrogen-bond acceptors (Lipinski definition) is 6. The number of benzene rings is 2. The van der Waals surface area contributed by atoms with Crippen LogP contribution >= 0.6 is 11.3 Å². The molecule has 1 aliphatic heterocycles. The first kappa shape index (κ1) is 19.6. The van der Waals surface area contributed by atoms with Gasteiger partial charge in [-0.2, -0.15) is 5.10 Å². The van der Waals surface area contributed by atoms with Crippen LogP contribution in [-0.2, 0) is 11.3 Å². The molecule has 1 aromatic heterocycles. The summed E-state index contributed by atoms with van der Waals surface area (Å²) in [6, 6.07) is 13.8. The third kappa shape index (κ3) is 4.64. The van der Waals surface area contributed by atoms with E-state index in [-0.39, 0.29) is 5.91 Å². The molecule has 1 N–H and O–H groups in total. The predicted octanol–water partition coefficient (Wildman–Crippen LogP) is 3.51. The standard InChI is InChI=1S/C22H23N3O3S/c1-27-20-7-6-16(12-17(20)14-25-8-10-28-11-9-25)13-23-24-22(26)19-15-29-21-5-3-2-4-18(19)21/h2-7,12-13,15H,8-11,14H2,1H3,(H,24,26)/b23-13+. The fourth-order valence-electron chi connectivity index (χ4n) is 3.38. The van der Waals surface area contributed by atoms with Crippen molar-refractivity contribution in [2.75, 3.05) is 33.4 Å². The van der Waals surface area contributed by atoms with Crippen molar-refractivity contribution >= 4 is 33.5 Å². The number of nitrogens with zero attached hydrogens (tertiary/aromatic N) is 2. The van der Waals surface area contributed by atoms with Crippen LogP contribution in [0.25, 0.3) is 10.1 Å². The summed E-state index contributed by atoms with van der Waals surface area (Å²) < 4.78 is 12.0. The third-order valence-electron chi connectivity index (χ3n) is 4.91. The summed E-state index contributed by atoms with van der Waals surface area (Å²) >= 11 is 1.55. The van der Waals surface area contributed by atoms with Gasteiger partial charge in [0, 0.05) is 40.7 Å². The molecule has 0 aliphatic carbocycles. The van der Waals surface area contributed by atoms with Crippen LogP contribution in [-0.4, -0.2) is 50.4 Å². The van der Waals surface area contributed by atoms with E-state index in [1.54, 1.807) is 24.7 Å². The highest BCUT2D eigenvalue weighted by atomic mass is 32.1. The molecule has 0 atom stereocenters. The molecule has 0 radical (unpaired) electrons. The lowest BCUT2D eigenvalue weighted by Crippen LogP contribution is -2.35. The maximum absolute atomic E-state index is 12.5. The van der Waals surface area contributed by atoms with Gasteiger partial charge < -0.3 is 9.47 Å². The zero-order valence-electron chi connectivity index (χ0n) is 16.3. The molecule has 1 fully saturated rings. The minimum Gasteiger partial charge on any atom is -0.496 e. The highest BCUT2D eigenvalue weighted by Crippen LogP contribution is 2.25. The number of rotatable bonds is 6. The van der Waals surface area contributed by atoms with E-state index in [1.165, 1.54) is 0 Å². The van der Waals surface area contributed by atoms with Crippen LogP contribution in [0.1, 0.15) is 21.5 Å². The second kappa shape index (κ2) is 9.17. The fourth-order valence-corrected chi connectivity index (χ4v) is 4.32. The number of nitrogens with one attached hydrogen (secondary N) is 1. The molecule has 6 nitrogen and oxygen atoms in total. The van der Waals surface area contributed by atoms with Crippen LogP contribution in [0.2, 0.25) is 0 Å². The Balaban J connectivity index is 1.44. The smallest absolute Gasteiger partial charge is 0.272 e. The molecule has 2 aromatic carbocycles. The maximum atomic E-state index is 12.5. The van der Waals surface area contributed by atoms with Gasteiger partial charge in [0.1, 0.15) is 5.75 Å². The maximum Gasteiger partial charge on any atom is 0.272 e. The topological polar surface area (TPSA) is 63.2 Å². The number of carbonyl (C=O) groups is 1. The number of morpholine rings is 1. The van der Waals surface area contributed by atoms with Crippen molar-refractivity contribution in [1.29, 1.82) is 0 Å². The number of ether oxygens (including phenoxy) is 2. The molecule has 0 saturated carbocycles. The van der Waals surface area contributed by atoms with E-state index in [9.17, 15) is 4.79 Å². The van der Waals surface area contributed by atoms with Crippen LogP contribution in [0.5, 0.6) is 5.75 Å². The van der Waals surface area contributed by atoms with Crippen molar-refractivity contribution in [3.63, 3.8) is 0 Å². The summed E-state index contributed by atoms with van der Waals surface area (Å²) in [5, 5.41) is 6.96. The number of carbonyl (C=O) groups excluding carboxylic acids is 1. The number of hydrogen-bond donors (Lipinski definition) is 1. The van der Waals surface area contributed by atoms with E-state index in [4.69, 9.17) is 9.47 Å². The van der Waals surface area contributed by atoms with Gasteiger partial charge in [0.2, 0.25) is 0 Å². The Morgan fingerprint density at radius 1 is 1.28 bits per heavy atom. The molecule has 29 heavy (non-hydrogen) atoms. The van der Waals surface area contributed by atoms with Gasteiger partial charge in [0.25, 0.3) is 5.91 Å². The number of fused-ring (bicyclic) bond motifs is 1. The van der Waals surface area contributed by atoms with Crippen molar-refractivity contribution in [3.05, 3.63) is 64.5 Å². The molecule has 0 unspecified atom stereocenters. The molecular formula is C22H23N3O3S. The van der Waals surface area contributed by atoms with Gasteiger partial charge in [-0.3, -0.25) is 9.69 Å². The molecule has 1 saturated heterocycles. The van der Waals surface area contributed by atoms with E-state index in [2.05, 4.69) is 15.4 Å². The Morgan fingerprint density at radius 2 is 2.10 bits per heavy atom. The van der Waals surface area contributed by atoms with Gasteiger partial charge in [0.15, 0.2) is 0 Å². The van der Waals surface area contributed by atoms with Crippen molar-refractivity contribution in [2.45, 2.75) is 6.54 Å². The normalized spacial score (nSPS) is 15.1. The minimum absolute atomic E-state index is 0.208. The highest BCUT2D eigenvalue weighted by molar-refractivity contribution is 7.17. The predicted molar refractivity (Wildman–Crippen MR) is 116 cm³/mol. The number of methoxy groups -OCH3 is 1. The molecule has 2 heterocycles. The van der Waals surface area contributed by atoms with Crippen molar-refractivity contribution in [3.8, 4) is 5.75 Å². The lowest BCUT2D eigenvalue weighted by Gasteiger charge is -2.27. The Kier molecular flexibility index (Phi) is 6.19. The molecule has 150 valence electrons. The van der Waals surface area contributed by atoms with E-state index in [1.807, 2.05) is 47.8 Å². The van der Waals surface area contributed by atoms with Gasteiger partial charge in [0.05, 0.1) is 32.1 Å². The van der Waals surface area contributed by atoms with Crippen molar-refractivity contribution < 1.29 is 14.3 Å². The largest absolute Gasteiger partial charge is 0.496 e. The van der Waals surface area contributed by atoms with Crippen LogP contribution in [0.3, 0.4) is 0 Å². The minimum atomic E-state index is -0.208. The first-order valence-electron chi connectivity index (χ1n) is 9.51. The lowest BCUT2D eigenvalue weighted by atomic mass is 10.1. The van der Waals surface area contributed by atoms with Crippen LogP contribution in [0, 0.1) is 0 Å². The number of thiophene rings is 1. The zero-order chi connectivity index (χ0) is 20.1. The molecular weight excluding hydrogens is 386 g/mol. The van der Waals surface area contributed by atoms with Crippen molar-refractivity contribution in [2.24, 2.45) is 5.10 Å². The summed E-state index contributed by atoms with van der Waals surface area (Å²) in [4.78, 5) is 14.8. The summed E-state index contributed by atoms with van der Waals surface area (Å²) in [6.45, 7) is 4.12. The molecule has 3 aromatic rings. The van der Waals surface area contributed by atoms with Crippen LogP contribution in [0.15, 0.2) is 52.9 Å². The SMILES string of the molecule is COc1ccc(/C=N/NC(=O)c2csc3ccccc23)cc1CN1CCOCC1. The quantitative estimate of drug-likeness (QED) is 0.500. The van der Waals surface area contributed by atoms with Crippen molar-refractivity contribution in [1.82, 2.24) is 10.3 Å². The van der Waals surface area contributed by atoms with Gasteiger partial charge in [-0.1, -0.05) is 18.2 Å². The lowest BCUT2D eigenvalue weighted by molar-refractivity contribution is 0.0339. The summed E-state index contributed by atoms with van der Waals surface area (Å²) in [7, 11) is 1.68. The van der Waals surface area contributed by atoms with E-state index >= 15 is 0 Å². The third-order valence-corrected chi connectivity index (χ3v) is 5.87. The van der Waals surface area contributed by atoms with Gasteiger partial charge in [-0.25, -0.2) is 5.43 Å². The van der Waals surface area contributed by atoms with Gasteiger partial charge >= 0.3 is 0 Å². The molecule has 7 heteroatoms. The molecule has 1 amide bonds. The van der Waals surface area contributed by atoms with Gasteiger partial charge in [-0.15, -0.1) is 11.3 Å². The van der Waals surface area contributed by atoms with E-state index < -0.39 is 0 Å². The van der Waals surface area contributed by atoms with E-state index in [0.29, 0.717) is 5.56 Å².